The van der Waals surface area contributed by atoms with E-state index in [1.165, 1.54) is 6.33 Å². The largest absolute Gasteiger partial charge is 0.481 e. The molecular weight excluding hydrogens is 244 g/mol. The number of anilines is 2. The highest BCUT2D eigenvalue weighted by Gasteiger charge is 2.15. The number of nitrogens with zero attached hydrogens (tertiary/aromatic N) is 3. The third kappa shape index (κ3) is 6.03. The summed E-state index contributed by atoms with van der Waals surface area (Å²) in [5, 5.41) is 11.6. The normalized spacial score (nSPS) is 11.2. The standard InChI is InChI=1S/C13H22N4O2/c1-13(2,3)8-17(4)11-7-10(15-9-16-11)14-6-5-12(18)19/h7,9H,5-6,8H2,1-4H3,(H,18,19)(H,14,15,16). The summed E-state index contributed by atoms with van der Waals surface area (Å²) in [5.41, 5.74) is 0.177. The number of hydrogen-bond donors (Lipinski definition) is 2. The van der Waals surface area contributed by atoms with Crippen LogP contribution < -0.4 is 10.2 Å². The van der Waals surface area contributed by atoms with E-state index in [0.29, 0.717) is 12.4 Å². The molecule has 0 radical (unpaired) electrons. The molecule has 0 fully saturated rings. The molecule has 0 aliphatic carbocycles. The summed E-state index contributed by atoms with van der Waals surface area (Å²) in [6.07, 6.45) is 1.55. The van der Waals surface area contributed by atoms with Gasteiger partial charge in [0.1, 0.15) is 18.0 Å². The molecule has 0 aliphatic rings. The molecule has 1 heterocycles. The van der Waals surface area contributed by atoms with E-state index in [1.54, 1.807) is 0 Å². The van der Waals surface area contributed by atoms with E-state index in [9.17, 15) is 4.79 Å². The van der Waals surface area contributed by atoms with Gasteiger partial charge in [-0.3, -0.25) is 4.79 Å². The molecule has 0 atom stereocenters. The van der Waals surface area contributed by atoms with Crippen molar-refractivity contribution in [3.63, 3.8) is 0 Å². The van der Waals surface area contributed by atoms with Crippen molar-refractivity contribution in [2.45, 2.75) is 27.2 Å². The molecule has 0 aromatic carbocycles. The van der Waals surface area contributed by atoms with Crippen LogP contribution >= 0.6 is 0 Å². The van der Waals surface area contributed by atoms with Crippen LogP contribution in [0.1, 0.15) is 27.2 Å². The minimum absolute atomic E-state index is 0.0666. The molecule has 1 rings (SSSR count). The van der Waals surface area contributed by atoms with E-state index in [1.807, 2.05) is 13.1 Å². The number of carboxylic acid groups (broad SMARTS) is 1. The molecule has 0 aliphatic heterocycles. The molecule has 0 amide bonds. The second kappa shape index (κ2) is 6.36. The van der Waals surface area contributed by atoms with E-state index in [-0.39, 0.29) is 11.8 Å². The summed E-state index contributed by atoms with van der Waals surface area (Å²) >= 11 is 0. The number of nitrogens with one attached hydrogen (secondary N) is 1. The van der Waals surface area contributed by atoms with Gasteiger partial charge in [-0.25, -0.2) is 9.97 Å². The van der Waals surface area contributed by atoms with Gasteiger partial charge in [0.2, 0.25) is 0 Å². The van der Waals surface area contributed by atoms with Crippen LogP contribution in [0, 0.1) is 5.41 Å². The van der Waals surface area contributed by atoms with E-state index < -0.39 is 5.97 Å². The molecule has 106 valence electrons. The van der Waals surface area contributed by atoms with Crippen LogP contribution in [-0.4, -0.2) is 41.2 Å². The van der Waals surface area contributed by atoms with Gasteiger partial charge >= 0.3 is 5.97 Å². The monoisotopic (exact) mass is 266 g/mol. The first kappa shape index (κ1) is 15.2. The summed E-state index contributed by atoms with van der Waals surface area (Å²) in [7, 11) is 1.98. The topological polar surface area (TPSA) is 78.4 Å². The van der Waals surface area contributed by atoms with Crippen molar-refractivity contribution in [2.24, 2.45) is 5.41 Å². The number of aromatic nitrogens is 2. The van der Waals surface area contributed by atoms with E-state index in [4.69, 9.17) is 5.11 Å². The predicted molar refractivity (Wildman–Crippen MR) is 75.5 cm³/mol. The number of carboxylic acids is 1. The van der Waals surface area contributed by atoms with Gasteiger partial charge in [0.05, 0.1) is 6.42 Å². The molecule has 2 N–H and O–H groups in total. The van der Waals surface area contributed by atoms with Gasteiger partial charge in [-0.15, -0.1) is 0 Å². The van der Waals surface area contributed by atoms with Crippen molar-refractivity contribution in [1.29, 1.82) is 0 Å². The van der Waals surface area contributed by atoms with Gasteiger partial charge in [0.25, 0.3) is 0 Å². The Hall–Kier alpha value is -1.85. The maximum absolute atomic E-state index is 10.4. The molecule has 0 saturated carbocycles. The summed E-state index contributed by atoms with van der Waals surface area (Å²) in [6.45, 7) is 7.72. The van der Waals surface area contributed by atoms with Crippen LogP contribution in [0.3, 0.4) is 0 Å². The van der Waals surface area contributed by atoms with Gasteiger partial charge in [0, 0.05) is 26.2 Å². The van der Waals surface area contributed by atoms with Crippen molar-refractivity contribution < 1.29 is 9.90 Å². The van der Waals surface area contributed by atoms with Gasteiger partial charge in [0.15, 0.2) is 0 Å². The van der Waals surface area contributed by atoms with Gasteiger partial charge in [-0.05, 0) is 5.41 Å². The van der Waals surface area contributed by atoms with Crippen molar-refractivity contribution in [3.05, 3.63) is 12.4 Å². The first-order valence-corrected chi connectivity index (χ1v) is 6.27. The molecular formula is C13H22N4O2. The van der Waals surface area contributed by atoms with Gasteiger partial charge in [-0.2, -0.15) is 0 Å². The zero-order chi connectivity index (χ0) is 14.5. The molecule has 0 bridgehead atoms. The van der Waals surface area contributed by atoms with Crippen LogP contribution in [0.25, 0.3) is 0 Å². The average molecular weight is 266 g/mol. The number of hydrogen-bond acceptors (Lipinski definition) is 5. The highest BCUT2D eigenvalue weighted by molar-refractivity contribution is 5.67. The number of carbonyl (C=O) groups is 1. The Morgan fingerprint density at radius 3 is 2.68 bits per heavy atom. The first-order valence-electron chi connectivity index (χ1n) is 6.27. The fourth-order valence-electron chi connectivity index (χ4n) is 1.74. The predicted octanol–water partition coefficient (Wildman–Crippen LogP) is 1.85. The van der Waals surface area contributed by atoms with Crippen LogP contribution in [0.5, 0.6) is 0 Å². The van der Waals surface area contributed by atoms with Gasteiger partial charge < -0.3 is 15.3 Å². The molecule has 1 aromatic rings. The molecule has 19 heavy (non-hydrogen) atoms. The molecule has 6 nitrogen and oxygen atoms in total. The first-order chi connectivity index (χ1) is 8.78. The Labute approximate surface area is 113 Å². The Balaban J connectivity index is 2.63. The van der Waals surface area contributed by atoms with E-state index >= 15 is 0 Å². The Morgan fingerprint density at radius 1 is 1.42 bits per heavy atom. The summed E-state index contributed by atoms with van der Waals surface area (Å²) < 4.78 is 0. The molecule has 0 unspecified atom stereocenters. The molecule has 6 heteroatoms. The fraction of sp³-hybridized carbons (Fsp3) is 0.615. The SMILES string of the molecule is CN(CC(C)(C)C)c1cc(NCCC(=O)O)ncn1. The molecule has 0 saturated heterocycles. The fourth-order valence-corrected chi connectivity index (χ4v) is 1.74. The molecule has 1 aromatic heterocycles. The van der Waals surface area contributed by atoms with Crippen LogP contribution in [-0.2, 0) is 4.79 Å². The maximum atomic E-state index is 10.4. The summed E-state index contributed by atoms with van der Waals surface area (Å²) in [4.78, 5) is 20.8. The van der Waals surface area contributed by atoms with Crippen LogP contribution in [0.15, 0.2) is 12.4 Å². The van der Waals surface area contributed by atoms with E-state index in [2.05, 4.69) is 41.0 Å². The maximum Gasteiger partial charge on any atom is 0.305 e. The average Bonchev–Trinajstić information content (AvgIpc) is 2.26. The van der Waals surface area contributed by atoms with Crippen LogP contribution in [0.4, 0.5) is 11.6 Å². The Bertz CT molecular complexity index is 429. The highest BCUT2D eigenvalue weighted by Crippen LogP contribution is 2.19. The lowest BCUT2D eigenvalue weighted by atomic mass is 9.96. The van der Waals surface area contributed by atoms with Crippen molar-refractivity contribution in [1.82, 2.24) is 9.97 Å². The zero-order valence-electron chi connectivity index (χ0n) is 12.0. The third-order valence-corrected chi connectivity index (χ3v) is 2.40. The zero-order valence-corrected chi connectivity index (χ0v) is 12.0. The second-order valence-electron chi connectivity index (χ2n) is 5.75. The lowest BCUT2D eigenvalue weighted by Crippen LogP contribution is -2.29. The number of rotatable bonds is 6. The van der Waals surface area contributed by atoms with Crippen LogP contribution in [0.2, 0.25) is 0 Å². The number of aliphatic carboxylic acids is 1. The minimum atomic E-state index is -0.827. The minimum Gasteiger partial charge on any atom is -0.481 e. The lowest BCUT2D eigenvalue weighted by Gasteiger charge is -2.27. The van der Waals surface area contributed by atoms with Crippen molar-refractivity contribution in [3.8, 4) is 0 Å². The Kier molecular flexibility index (Phi) is 5.09. The Morgan fingerprint density at radius 2 is 2.11 bits per heavy atom. The van der Waals surface area contributed by atoms with E-state index in [0.717, 1.165) is 12.4 Å². The second-order valence-corrected chi connectivity index (χ2v) is 5.75. The summed E-state index contributed by atoms with van der Waals surface area (Å²) in [6, 6.07) is 1.83. The van der Waals surface area contributed by atoms with Crippen molar-refractivity contribution in [2.75, 3.05) is 30.4 Å². The smallest absolute Gasteiger partial charge is 0.305 e. The summed E-state index contributed by atoms with van der Waals surface area (Å²) in [5.74, 6) is 0.640. The third-order valence-electron chi connectivity index (χ3n) is 2.40. The van der Waals surface area contributed by atoms with Crippen molar-refractivity contribution >= 4 is 17.6 Å². The highest BCUT2D eigenvalue weighted by atomic mass is 16.4. The quantitative estimate of drug-likeness (QED) is 0.818. The van der Waals surface area contributed by atoms with Gasteiger partial charge in [-0.1, -0.05) is 20.8 Å². The lowest BCUT2D eigenvalue weighted by molar-refractivity contribution is -0.136. The molecule has 0 spiro atoms.